The molecule has 1 aliphatic rings. The number of aromatic nitrogens is 4. The molecule has 2 unspecified atom stereocenters. The first-order valence-electron chi connectivity index (χ1n) is 6.63. The van der Waals surface area contributed by atoms with E-state index in [2.05, 4.69) is 15.5 Å². The van der Waals surface area contributed by atoms with Crippen molar-refractivity contribution in [1.29, 1.82) is 0 Å². The van der Waals surface area contributed by atoms with Crippen LogP contribution in [0.2, 0.25) is 0 Å². The average Bonchev–Trinajstić information content (AvgIpc) is 2.86. The van der Waals surface area contributed by atoms with Crippen LogP contribution in [0, 0.1) is 5.92 Å². The smallest absolute Gasteiger partial charge is 0.410 e. The molecule has 8 heteroatoms. The van der Waals surface area contributed by atoms with E-state index in [-0.39, 0.29) is 12.5 Å². The van der Waals surface area contributed by atoms with E-state index >= 15 is 0 Å². The van der Waals surface area contributed by atoms with Crippen LogP contribution in [0.3, 0.4) is 0 Å². The van der Waals surface area contributed by atoms with Crippen LogP contribution in [0.5, 0.6) is 0 Å². The Morgan fingerprint density at radius 2 is 2.15 bits per heavy atom. The number of tetrazole rings is 1. The van der Waals surface area contributed by atoms with Crippen molar-refractivity contribution in [2.75, 3.05) is 13.1 Å². The second-order valence-corrected chi connectivity index (χ2v) is 6.14. The number of rotatable bonds is 2. The SMILES string of the molecule is Cn1nnnc1CC1CN(C(=O)OC(C)(C)C)CC1O. The second kappa shape index (κ2) is 5.35. The quantitative estimate of drug-likeness (QED) is 0.820. The van der Waals surface area contributed by atoms with E-state index in [1.165, 1.54) is 4.90 Å². The maximum atomic E-state index is 12.0. The summed E-state index contributed by atoms with van der Waals surface area (Å²) in [6.07, 6.45) is -0.446. The lowest BCUT2D eigenvalue weighted by molar-refractivity contribution is 0.0269. The summed E-state index contributed by atoms with van der Waals surface area (Å²) in [6, 6.07) is 0. The first-order valence-corrected chi connectivity index (χ1v) is 6.63. The molecule has 1 saturated heterocycles. The number of carbonyl (C=O) groups is 1. The van der Waals surface area contributed by atoms with Gasteiger partial charge in [0.25, 0.3) is 0 Å². The fourth-order valence-corrected chi connectivity index (χ4v) is 2.19. The third-order valence-electron chi connectivity index (χ3n) is 3.21. The van der Waals surface area contributed by atoms with Gasteiger partial charge in [0.15, 0.2) is 5.82 Å². The zero-order chi connectivity index (χ0) is 14.9. The largest absolute Gasteiger partial charge is 0.444 e. The number of aliphatic hydroxyl groups excluding tert-OH is 1. The van der Waals surface area contributed by atoms with Crippen molar-refractivity contribution in [3.05, 3.63) is 5.82 Å². The van der Waals surface area contributed by atoms with Crippen molar-refractivity contribution >= 4 is 6.09 Å². The number of ether oxygens (including phenoxy) is 1. The van der Waals surface area contributed by atoms with Crippen LogP contribution in [0.15, 0.2) is 0 Å². The minimum Gasteiger partial charge on any atom is -0.444 e. The lowest BCUT2D eigenvalue weighted by Crippen LogP contribution is -2.35. The van der Waals surface area contributed by atoms with Gasteiger partial charge in [0.05, 0.1) is 12.6 Å². The summed E-state index contributed by atoms with van der Waals surface area (Å²) in [4.78, 5) is 13.5. The second-order valence-electron chi connectivity index (χ2n) is 6.14. The molecule has 0 spiro atoms. The topological polar surface area (TPSA) is 93.4 Å². The molecule has 1 aromatic rings. The number of nitrogens with zero attached hydrogens (tertiary/aromatic N) is 5. The van der Waals surface area contributed by atoms with Crippen LogP contribution in [-0.2, 0) is 18.2 Å². The van der Waals surface area contributed by atoms with Crippen LogP contribution in [0.4, 0.5) is 4.79 Å². The molecule has 2 rings (SSSR count). The molecule has 2 heterocycles. The van der Waals surface area contributed by atoms with Crippen molar-refractivity contribution in [2.24, 2.45) is 13.0 Å². The Kier molecular flexibility index (Phi) is 3.94. The van der Waals surface area contributed by atoms with E-state index in [0.29, 0.717) is 18.8 Å². The lowest BCUT2D eigenvalue weighted by atomic mass is 10.0. The minimum absolute atomic E-state index is 0.0766. The Morgan fingerprint density at radius 1 is 1.45 bits per heavy atom. The molecular weight excluding hydrogens is 262 g/mol. The summed E-state index contributed by atoms with van der Waals surface area (Å²) >= 11 is 0. The van der Waals surface area contributed by atoms with Gasteiger partial charge in [-0.25, -0.2) is 9.48 Å². The molecule has 0 aliphatic carbocycles. The minimum atomic E-state index is -0.584. The Bertz CT molecular complexity index is 482. The van der Waals surface area contributed by atoms with Gasteiger partial charge >= 0.3 is 6.09 Å². The monoisotopic (exact) mass is 283 g/mol. The van der Waals surface area contributed by atoms with E-state index in [1.807, 2.05) is 20.8 Å². The standard InChI is InChI=1S/C12H21N5O3/c1-12(2,3)20-11(19)17-6-8(9(18)7-17)5-10-13-14-15-16(10)4/h8-9,18H,5-7H2,1-4H3. The van der Waals surface area contributed by atoms with Gasteiger partial charge in [-0.15, -0.1) is 5.10 Å². The summed E-state index contributed by atoms with van der Waals surface area (Å²) < 4.78 is 6.88. The van der Waals surface area contributed by atoms with Gasteiger partial charge in [0.1, 0.15) is 5.60 Å². The molecule has 8 nitrogen and oxygen atoms in total. The number of likely N-dealkylation sites (tertiary alicyclic amines) is 1. The van der Waals surface area contributed by atoms with Crippen LogP contribution < -0.4 is 0 Å². The fraction of sp³-hybridized carbons (Fsp3) is 0.833. The van der Waals surface area contributed by atoms with Crippen LogP contribution in [0.1, 0.15) is 26.6 Å². The molecule has 20 heavy (non-hydrogen) atoms. The van der Waals surface area contributed by atoms with Crippen LogP contribution in [0.25, 0.3) is 0 Å². The molecule has 0 bridgehead atoms. The molecule has 1 aliphatic heterocycles. The molecular formula is C12H21N5O3. The van der Waals surface area contributed by atoms with Gasteiger partial charge in [-0.2, -0.15) is 0 Å². The highest BCUT2D eigenvalue weighted by Gasteiger charge is 2.36. The van der Waals surface area contributed by atoms with Crippen molar-refractivity contribution < 1.29 is 14.6 Å². The number of hydrogen-bond donors (Lipinski definition) is 1. The zero-order valence-corrected chi connectivity index (χ0v) is 12.3. The lowest BCUT2D eigenvalue weighted by Gasteiger charge is -2.24. The Hall–Kier alpha value is -1.70. The molecule has 0 saturated carbocycles. The van der Waals surface area contributed by atoms with Gasteiger partial charge in [-0.3, -0.25) is 0 Å². The van der Waals surface area contributed by atoms with Crippen molar-refractivity contribution in [3.63, 3.8) is 0 Å². The van der Waals surface area contributed by atoms with Crippen LogP contribution in [-0.4, -0.2) is 61.1 Å². The van der Waals surface area contributed by atoms with Crippen LogP contribution >= 0.6 is 0 Å². The predicted octanol–water partition coefficient (Wildman–Crippen LogP) is -0.0196. The Morgan fingerprint density at radius 3 is 2.70 bits per heavy atom. The third-order valence-corrected chi connectivity index (χ3v) is 3.21. The molecule has 1 aromatic heterocycles. The highest BCUT2D eigenvalue weighted by atomic mass is 16.6. The van der Waals surface area contributed by atoms with Crippen molar-refractivity contribution in [3.8, 4) is 0 Å². The molecule has 1 N–H and O–H groups in total. The summed E-state index contributed by atoms with van der Waals surface area (Å²) in [6.45, 7) is 6.19. The highest BCUT2D eigenvalue weighted by Crippen LogP contribution is 2.22. The summed E-state index contributed by atoms with van der Waals surface area (Å²) in [5.41, 5.74) is -0.534. The summed E-state index contributed by atoms with van der Waals surface area (Å²) in [5.74, 6) is 0.618. The molecule has 0 aromatic carbocycles. The van der Waals surface area contributed by atoms with E-state index in [4.69, 9.17) is 4.74 Å². The van der Waals surface area contributed by atoms with E-state index in [0.717, 1.165) is 0 Å². The summed E-state index contributed by atoms with van der Waals surface area (Å²) in [7, 11) is 1.75. The first kappa shape index (κ1) is 14.7. The van der Waals surface area contributed by atoms with Gasteiger partial charge in [0, 0.05) is 25.9 Å². The van der Waals surface area contributed by atoms with E-state index in [1.54, 1.807) is 11.7 Å². The van der Waals surface area contributed by atoms with Crippen molar-refractivity contribution in [1.82, 2.24) is 25.1 Å². The highest BCUT2D eigenvalue weighted by molar-refractivity contribution is 5.68. The summed E-state index contributed by atoms with van der Waals surface area (Å²) in [5, 5.41) is 21.3. The number of aryl methyl sites for hydroxylation is 1. The average molecular weight is 283 g/mol. The Labute approximate surface area is 117 Å². The van der Waals surface area contributed by atoms with Gasteiger partial charge < -0.3 is 14.7 Å². The molecule has 1 fully saturated rings. The van der Waals surface area contributed by atoms with E-state index in [9.17, 15) is 9.90 Å². The fourth-order valence-electron chi connectivity index (χ4n) is 2.19. The van der Waals surface area contributed by atoms with Gasteiger partial charge in [-0.05, 0) is 31.2 Å². The maximum absolute atomic E-state index is 12.0. The zero-order valence-electron chi connectivity index (χ0n) is 12.3. The first-order chi connectivity index (χ1) is 9.26. The molecule has 112 valence electrons. The van der Waals surface area contributed by atoms with Gasteiger partial charge in [-0.1, -0.05) is 0 Å². The molecule has 0 radical (unpaired) electrons. The van der Waals surface area contributed by atoms with Crippen molar-refractivity contribution in [2.45, 2.75) is 38.9 Å². The number of aliphatic hydroxyl groups is 1. The van der Waals surface area contributed by atoms with E-state index < -0.39 is 17.8 Å². The predicted molar refractivity (Wildman–Crippen MR) is 69.8 cm³/mol. The number of carbonyl (C=O) groups excluding carboxylic acids is 1. The maximum Gasteiger partial charge on any atom is 0.410 e. The number of β-amino-alcohol motifs (C(OH)–C–C–N with tert-alkyl or cyclic N) is 1. The third kappa shape index (κ3) is 3.44. The molecule has 1 amide bonds. The Balaban J connectivity index is 1.95. The number of hydrogen-bond acceptors (Lipinski definition) is 6. The molecule has 2 atom stereocenters. The normalized spacial score (nSPS) is 23.1. The number of amides is 1. The van der Waals surface area contributed by atoms with Gasteiger partial charge in [0.2, 0.25) is 0 Å².